The Morgan fingerprint density at radius 1 is 1.50 bits per heavy atom. The van der Waals surface area contributed by atoms with E-state index in [1.165, 1.54) is 6.20 Å². The zero-order chi connectivity index (χ0) is 12.0. The summed E-state index contributed by atoms with van der Waals surface area (Å²) in [7, 11) is -1.81. The number of sulfonamides is 1. The van der Waals surface area contributed by atoms with E-state index in [2.05, 4.69) is 14.7 Å². The SMILES string of the molecule is COCCCCNS(=O)(=O)c1cnc(C)[nH]1. The fourth-order valence-corrected chi connectivity index (χ4v) is 2.23. The number of rotatable bonds is 7. The monoisotopic (exact) mass is 247 g/mol. The van der Waals surface area contributed by atoms with Crippen LogP contribution in [0.25, 0.3) is 0 Å². The topological polar surface area (TPSA) is 84.1 Å². The second-order valence-electron chi connectivity index (χ2n) is 3.43. The zero-order valence-electron chi connectivity index (χ0n) is 9.49. The number of aryl methyl sites for hydroxylation is 1. The molecule has 0 unspecified atom stereocenters. The number of methoxy groups -OCH3 is 1. The molecule has 0 aromatic carbocycles. The van der Waals surface area contributed by atoms with E-state index in [4.69, 9.17) is 4.74 Å². The van der Waals surface area contributed by atoms with E-state index in [1.54, 1.807) is 14.0 Å². The van der Waals surface area contributed by atoms with Gasteiger partial charge in [0, 0.05) is 20.3 Å². The Kier molecular flexibility index (Phi) is 4.91. The molecule has 7 heteroatoms. The van der Waals surface area contributed by atoms with Gasteiger partial charge in [0.2, 0.25) is 0 Å². The van der Waals surface area contributed by atoms with Crippen LogP contribution >= 0.6 is 0 Å². The van der Waals surface area contributed by atoms with Gasteiger partial charge in [-0.05, 0) is 19.8 Å². The van der Waals surface area contributed by atoms with Crippen LogP contribution in [0.1, 0.15) is 18.7 Å². The highest BCUT2D eigenvalue weighted by Gasteiger charge is 2.15. The van der Waals surface area contributed by atoms with Gasteiger partial charge in [-0.3, -0.25) is 0 Å². The first-order chi connectivity index (χ1) is 7.56. The molecule has 0 saturated heterocycles. The zero-order valence-corrected chi connectivity index (χ0v) is 10.3. The maximum atomic E-state index is 11.7. The maximum Gasteiger partial charge on any atom is 0.257 e. The van der Waals surface area contributed by atoms with Crippen molar-refractivity contribution in [3.8, 4) is 0 Å². The van der Waals surface area contributed by atoms with Crippen LogP contribution in [0.5, 0.6) is 0 Å². The Hall–Kier alpha value is -0.920. The predicted molar refractivity (Wildman–Crippen MR) is 59.6 cm³/mol. The summed E-state index contributed by atoms with van der Waals surface area (Å²) in [6, 6.07) is 0. The minimum Gasteiger partial charge on any atom is -0.385 e. The lowest BCUT2D eigenvalue weighted by Gasteiger charge is -2.04. The van der Waals surface area contributed by atoms with E-state index in [-0.39, 0.29) is 5.03 Å². The van der Waals surface area contributed by atoms with Gasteiger partial charge in [-0.25, -0.2) is 18.1 Å². The molecule has 1 aromatic heterocycles. The predicted octanol–water partition coefficient (Wildman–Crippen LogP) is 0.423. The molecule has 0 atom stereocenters. The van der Waals surface area contributed by atoms with Crippen LogP contribution in [-0.2, 0) is 14.8 Å². The van der Waals surface area contributed by atoms with E-state index in [1.807, 2.05) is 0 Å². The highest BCUT2D eigenvalue weighted by Crippen LogP contribution is 2.04. The third kappa shape index (κ3) is 3.92. The molecule has 16 heavy (non-hydrogen) atoms. The highest BCUT2D eigenvalue weighted by atomic mass is 32.2. The van der Waals surface area contributed by atoms with Crippen molar-refractivity contribution >= 4 is 10.0 Å². The number of hydrogen-bond acceptors (Lipinski definition) is 4. The summed E-state index contributed by atoms with van der Waals surface area (Å²) < 4.78 is 30.7. The standard InChI is InChI=1S/C9H17N3O3S/c1-8-10-7-9(12-8)16(13,14)11-5-3-4-6-15-2/h7,11H,3-6H2,1-2H3,(H,10,12). The highest BCUT2D eigenvalue weighted by molar-refractivity contribution is 7.89. The first-order valence-corrected chi connectivity index (χ1v) is 6.55. The number of imidazole rings is 1. The Balaban J connectivity index is 2.41. The maximum absolute atomic E-state index is 11.7. The first kappa shape index (κ1) is 13.1. The van der Waals surface area contributed by atoms with E-state index in [0.29, 0.717) is 19.0 Å². The molecule has 1 aromatic rings. The summed E-state index contributed by atoms with van der Waals surface area (Å²) in [5, 5.41) is 0.108. The van der Waals surface area contributed by atoms with Gasteiger partial charge in [-0.1, -0.05) is 0 Å². The summed E-state index contributed by atoms with van der Waals surface area (Å²) in [4.78, 5) is 6.53. The molecule has 1 rings (SSSR count). The van der Waals surface area contributed by atoms with Crippen LogP contribution in [0, 0.1) is 6.92 Å². The Labute approximate surface area is 95.5 Å². The smallest absolute Gasteiger partial charge is 0.257 e. The molecule has 0 amide bonds. The lowest BCUT2D eigenvalue weighted by atomic mass is 10.3. The van der Waals surface area contributed by atoms with Crippen molar-refractivity contribution in [3.63, 3.8) is 0 Å². The molecule has 0 bridgehead atoms. The molecule has 1 heterocycles. The van der Waals surface area contributed by atoms with Crippen LogP contribution in [0.2, 0.25) is 0 Å². The van der Waals surface area contributed by atoms with E-state index in [9.17, 15) is 8.42 Å². The summed E-state index contributed by atoms with van der Waals surface area (Å²) in [6.07, 6.45) is 2.90. The number of hydrogen-bond donors (Lipinski definition) is 2. The van der Waals surface area contributed by atoms with E-state index in [0.717, 1.165) is 12.8 Å². The van der Waals surface area contributed by atoms with Crippen LogP contribution < -0.4 is 4.72 Å². The van der Waals surface area contributed by atoms with Gasteiger partial charge in [0.15, 0.2) is 5.03 Å². The average molecular weight is 247 g/mol. The first-order valence-electron chi connectivity index (χ1n) is 5.06. The van der Waals surface area contributed by atoms with Crippen molar-refractivity contribution in [2.24, 2.45) is 0 Å². The molecule has 2 N–H and O–H groups in total. The van der Waals surface area contributed by atoms with Crippen molar-refractivity contribution in [3.05, 3.63) is 12.0 Å². The molecule has 0 spiro atoms. The number of H-pyrrole nitrogens is 1. The molecular weight excluding hydrogens is 230 g/mol. The second kappa shape index (κ2) is 5.97. The number of unbranched alkanes of at least 4 members (excludes halogenated alkanes) is 1. The Bertz CT molecular complexity index is 413. The summed E-state index contributed by atoms with van der Waals surface area (Å²) in [6.45, 7) is 2.76. The Morgan fingerprint density at radius 2 is 2.25 bits per heavy atom. The summed E-state index contributed by atoms with van der Waals surface area (Å²) in [5.74, 6) is 0.583. The Morgan fingerprint density at radius 3 is 2.81 bits per heavy atom. The fraction of sp³-hybridized carbons (Fsp3) is 0.667. The molecule has 92 valence electrons. The number of nitrogens with zero attached hydrogens (tertiary/aromatic N) is 1. The van der Waals surface area contributed by atoms with E-state index < -0.39 is 10.0 Å². The largest absolute Gasteiger partial charge is 0.385 e. The molecule has 0 aliphatic heterocycles. The third-order valence-electron chi connectivity index (χ3n) is 2.04. The van der Waals surface area contributed by atoms with Crippen molar-refractivity contribution in [2.75, 3.05) is 20.3 Å². The summed E-state index contributed by atoms with van der Waals surface area (Å²) >= 11 is 0. The molecular formula is C9H17N3O3S. The second-order valence-corrected chi connectivity index (χ2v) is 5.17. The van der Waals surface area contributed by atoms with Gasteiger partial charge in [0.05, 0.1) is 6.20 Å². The van der Waals surface area contributed by atoms with Crippen LogP contribution in [0.15, 0.2) is 11.2 Å². The van der Waals surface area contributed by atoms with Crippen molar-refractivity contribution in [2.45, 2.75) is 24.8 Å². The summed E-state index contributed by atoms with van der Waals surface area (Å²) in [5.41, 5.74) is 0. The number of aromatic nitrogens is 2. The van der Waals surface area contributed by atoms with Gasteiger partial charge < -0.3 is 9.72 Å². The number of aromatic amines is 1. The van der Waals surface area contributed by atoms with Crippen molar-refractivity contribution in [1.82, 2.24) is 14.7 Å². The lowest BCUT2D eigenvalue weighted by Crippen LogP contribution is -2.25. The normalized spacial score (nSPS) is 11.9. The number of ether oxygens (including phenoxy) is 1. The van der Waals surface area contributed by atoms with Crippen LogP contribution in [0.3, 0.4) is 0 Å². The van der Waals surface area contributed by atoms with Crippen molar-refractivity contribution < 1.29 is 13.2 Å². The van der Waals surface area contributed by atoms with Crippen LogP contribution in [0.4, 0.5) is 0 Å². The fourth-order valence-electron chi connectivity index (χ4n) is 1.19. The molecule has 0 saturated carbocycles. The average Bonchev–Trinajstić information content (AvgIpc) is 2.65. The number of nitrogens with one attached hydrogen (secondary N) is 2. The lowest BCUT2D eigenvalue weighted by molar-refractivity contribution is 0.193. The van der Waals surface area contributed by atoms with E-state index >= 15 is 0 Å². The third-order valence-corrected chi connectivity index (χ3v) is 3.41. The molecule has 0 aliphatic carbocycles. The minimum atomic E-state index is -3.44. The van der Waals surface area contributed by atoms with Gasteiger partial charge in [-0.15, -0.1) is 0 Å². The van der Waals surface area contributed by atoms with Gasteiger partial charge in [0.1, 0.15) is 5.82 Å². The van der Waals surface area contributed by atoms with Crippen LogP contribution in [-0.4, -0.2) is 38.6 Å². The van der Waals surface area contributed by atoms with Gasteiger partial charge >= 0.3 is 0 Å². The van der Waals surface area contributed by atoms with Crippen molar-refractivity contribution in [1.29, 1.82) is 0 Å². The molecule has 6 nitrogen and oxygen atoms in total. The molecule has 0 fully saturated rings. The van der Waals surface area contributed by atoms with Gasteiger partial charge in [-0.2, -0.15) is 0 Å². The molecule has 0 aliphatic rings. The quantitative estimate of drug-likeness (QED) is 0.684. The molecule has 0 radical (unpaired) electrons. The van der Waals surface area contributed by atoms with Gasteiger partial charge in [0.25, 0.3) is 10.0 Å². The minimum absolute atomic E-state index is 0.108.